The molecule has 1 aromatic carbocycles. The molecular formula is C9H9FO2S. The topological polar surface area (TPSA) is 37.3 Å². The molecule has 0 aliphatic rings. The van der Waals surface area contributed by atoms with Crippen molar-refractivity contribution >= 4 is 17.7 Å². The summed E-state index contributed by atoms with van der Waals surface area (Å²) in [5, 5.41) is 8.40. The molecule has 0 atom stereocenters. The second kappa shape index (κ2) is 4.28. The number of carboxylic acids is 1. The fraction of sp³-hybridized carbons (Fsp3) is 0.222. The van der Waals surface area contributed by atoms with Crippen LogP contribution < -0.4 is 0 Å². The SMILES string of the molecule is Cc1cc(SCC(=O)O)ccc1F. The van der Waals surface area contributed by atoms with Gasteiger partial charge in [-0.1, -0.05) is 0 Å². The average Bonchev–Trinajstić information content (AvgIpc) is 2.07. The van der Waals surface area contributed by atoms with Crippen LogP contribution in [0, 0.1) is 12.7 Å². The maximum Gasteiger partial charge on any atom is 0.313 e. The highest BCUT2D eigenvalue weighted by Crippen LogP contribution is 2.20. The van der Waals surface area contributed by atoms with Crippen LogP contribution >= 0.6 is 11.8 Å². The highest BCUT2D eigenvalue weighted by molar-refractivity contribution is 8.00. The quantitative estimate of drug-likeness (QED) is 0.761. The third-order valence-corrected chi connectivity index (χ3v) is 2.47. The molecule has 0 heterocycles. The van der Waals surface area contributed by atoms with E-state index in [-0.39, 0.29) is 11.6 Å². The summed E-state index contributed by atoms with van der Waals surface area (Å²) >= 11 is 1.19. The minimum atomic E-state index is -0.869. The zero-order valence-electron chi connectivity index (χ0n) is 7.08. The van der Waals surface area contributed by atoms with E-state index in [9.17, 15) is 9.18 Å². The molecule has 0 unspecified atom stereocenters. The predicted molar refractivity (Wildman–Crippen MR) is 49.5 cm³/mol. The first kappa shape index (κ1) is 10.1. The summed E-state index contributed by atoms with van der Waals surface area (Å²) in [7, 11) is 0. The van der Waals surface area contributed by atoms with E-state index >= 15 is 0 Å². The Bertz CT molecular complexity index is 325. The number of aliphatic carboxylic acids is 1. The largest absolute Gasteiger partial charge is 0.481 e. The minimum Gasteiger partial charge on any atom is -0.481 e. The standard InChI is InChI=1S/C9H9FO2S/c1-6-4-7(2-3-8(6)10)13-5-9(11)12/h2-4H,5H2,1H3,(H,11,12). The van der Waals surface area contributed by atoms with Crippen LogP contribution in [0.25, 0.3) is 0 Å². The fourth-order valence-electron chi connectivity index (χ4n) is 0.852. The Kier molecular flexibility index (Phi) is 3.31. The molecule has 0 aliphatic heterocycles. The van der Waals surface area contributed by atoms with Gasteiger partial charge in [-0.25, -0.2) is 4.39 Å². The lowest BCUT2D eigenvalue weighted by Crippen LogP contribution is -1.97. The molecule has 2 nitrogen and oxygen atoms in total. The maximum absolute atomic E-state index is 12.8. The number of rotatable bonds is 3. The molecule has 0 radical (unpaired) electrons. The number of thioether (sulfide) groups is 1. The van der Waals surface area contributed by atoms with Crippen molar-refractivity contribution in [3.05, 3.63) is 29.6 Å². The number of aryl methyl sites for hydroxylation is 1. The number of hydrogen-bond donors (Lipinski definition) is 1. The maximum atomic E-state index is 12.8. The van der Waals surface area contributed by atoms with E-state index in [0.29, 0.717) is 5.56 Å². The number of carboxylic acid groups (broad SMARTS) is 1. The molecule has 0 bridgehead atoms. The minimum absolute atomic E-state index is 0.00503. The number of benzene rings is 1. The summed E-state index contributed by atoms with van der Waals surface area (Å²) in [6.45, 7) is 1.65. The van der Waals surface area contributed by atoms with Crippen molar-refractivity contribution in [2.24, 2.45) is 0 Å². The van der Waals surface area contributed by atoms with E-state index in [1.165, 1.54) is 17.8 Å². The summed E-state index contributed by atoms with van der Waals surface area (Å²) in [6.07, 6.45) is 0. The van der Waals surface area contributed by atoms with Crippen LogP contribution in [0.3, 0.4) is 0 Å². The lowest BCUT2D eigenvalue weighted by Gasteiger charge is -2.00. The smallest absolute Gasteiger partial charge is 0.313 e. The molecule has 0 saturated carbocycles. The Balaban J connectivity index is 2.68. The molecule has 4 heteroatoms. The number of carbonyl (C=O) groups is 1. The van der Waals surface area contributed by atoms with Gasteiger partial charge in [-0.05, 0) is 30.7 Å². The molecule has 1 aromatic rings. The van der Waals surface area contributed by atoms with Crippen molar-refractivity contribution in [3.63, 3.8) is 0 Å². The van der Waals surface area contributed by atoms with Crippen molar-refractivity contribution < 1.29 is 14.3 Å². The molecule has 0 aliphatic carbocycles. The Labute approximate surface area is 79.8 Å². The van der Waals surface area contributed by atoms with Gasteiger partial charge in [0.2, 0.25) is 0 Å². The van der Waals surface area contributed by atoms with Crippen molar-refractivity contribution in [1.29, 1.82) is 0 Å². The molecule has 0 saturated heterocycles. The molecule has 0 fully saturated rings. The Morgan fingerprint density at radius 3 is 2.85 bits per heavy atom. The van der Waals surface area contributed by atoms with E-state index in [1.54, 1.807) is 19.1 Å². The van der Waals surface area contributed by atoms with Gasteiger partial charge in [-0.15, -0.1) is 11.8 Å². The summed E-state index contributed by atoms with van der Waals surface area (Å²) in [6, 6.07) is 4.57. The van der Waals surface area contributed by atoms with Crippen molar-refractivity contribution in [2.45, 2.75) is 11.8 Å². The molecule has 0 spiro atoms. The number of halogens is 1. The van der Waals surface area contributed by atoms with E-state index in [1.807, 2.05) is 0 Å². The third kappa shape index (κ3) is 3.06. The van der Waals surface area contributed by atoms with Crippen LogP contribution in [-0.4, -0.2) is 16.8 Å². The first-order valence-corrected chi connectivity index (χ1v) is 4.69. The van der Waals surface area contributed by atoms with E-state index in [0.717, 1.165) is 4.90 Å². The Morgan fingerprint density at radius 2 is 2.31 bits per heavy atom. The van der Waals surface area contributed by atoms with Gasteiger partial charge in [0.05, 0.1) is 5.75 Å². The first-order chi connectivity index (χ1) is 6.09. The Hall–Kier alpha value is -1.03. The van der Waals surface area contributed by atoms with Gasteiger partial charge in [-0.3, -0.25) is 4.79 Å². The molecule has 0 aromatic heterocycles. The van der Waals surface area contributed by atoms with E-state index in [4.69, 9.17) is 5.11 Å². The third-order valence-electron chi connectivity index (χ3n) is 1.49. The normalized spacial score (nSPS) is 10.0. The highest BCUT2D eigenvalue weighted by atomic mass is 32.2. The van der Waals surface area contributed by atoms with Crippen LogP contribution in [0.1, 0.15) is 5.56 Å². The van der Waals surface area contributed by atoms with Crippen LogP contribution in [0.15, 0.2) is 23.1 Å². The average molecular weight is 200 g/mol. The molecule has 13 heavy (non-hydrogen) atoms. The molecule has 1 rings (SSSR count). The lowest BCUT2D eigenvalue weighted by atomic mass is 10.2. The number of hydrogen-bond acceptors (Lipinski definition) is 2. The van der Waals surface area contributed by atoms with Gasteiger partial charge in [0, 0.05) is 4.90 Å². The molecule has 1 N–H and O–H groups in total. The first-order valence-electron chi connectivity index (χ1n) is 3.70. The van der Waals surface area contributed by atoms with Crippen LogP contribution in [0.4, 0.5) is 4.39 Å². The monoisotopic (exact) mass is 200 g/mol. The van der Waals surface area contributed by atoms with Crippen molar-refractivity contribution in [3.8, 4) is 0 Å². The van der Waals surface area contributed by atoms with Gasteiger partial charge < -0.3 is 5.11 Å². The Morgan fingerprint density at radius 1 is 1.62 bits per heavy atom. The van der Waals surface area contributed by atoms with Crippen LogP contribution in [0.2, 0.25) is 0 Å². The van der Waals surface area contributed by atoms with Gasteiger partial charge in [0.25, 0.3) is 0 Å². The van der Waals surface area contributed by atoms with Crippen LogP contribution in [-0.2, 0) is 4.79 Å². The summed E-state index contributed by atoms with van der Waals surface area (Å²) in [5.41, 5.74) is 0.537. The van der Waals surface area contributed by atoms with Crippen molar-refractivity contribution in [1.82, 2.24) is 0 Å². The predicted octanol–water partition coefficient (Wildman–Crippen LogP) is 2.31. The zero-order valence-corrected chi connectivity index (χ0v) is 7.90. The van der Waals surface area contributed by atoms with Crippen LogP contribution in [0.5, 0.6) is 0 Å². The van der Waals surface area contributed by atoms with Gasteiger partial charge in [0.1, 0.15) is 5.82 Å². The van der Waals surface area contributed by atoms with Gasteiger partial charge >= 0.3 is 5.97 Å². The molecular weight excluding hydrogens is 191 g/mol. The summed E-state index contributed by atoms with van der Waals surface area (Å²) < 4.78 is 12.8. The second-order valence-corrected chi connectivity index (χ2v) is 3.64. The highest BCUT2D eigenvalue weighted by Gasteiger charge is 2.02. The second-order valence-electron chi connectivity index (χ2n) is 2.59. The zero-order chi connectivity index (χ0) is 9.84. The lowest BCUT2D eigenvalue weighted by molar-refractivity contribution is -0.133. The van der Waals surface area contributed by atoms with E-state index < -0.39 is 5.97 Å². The molecule has 70 valence electrons. The van der Waals surface area contributed by atoms with E-state index in [2.05, 4.69) is 0 Å². The van der Waals surface area contributed by atoms with Gasteiger partial charge in [-0.2, -0.15) is 0 Å². The summed E-state index contributed by atoms with van der Waals surface area (Å²) in [5.74, 6) is -1.13. The van der Waals surface area contributed by atoms with Gasteiger partial charge in [0.15, 0.2) is 0 Å². The van der Waals surface area contributed by atoms with Crippen molar-refractivity contribution in [2.75, 3.05) is 5.75 Å². The fourth-order valence-corrected chi connectivity index (χ4v) is 1.57. The molecule has 0 amide bonds. The summed E-state index contributed by atoms with van der Waals surface area (Å²) in [4.78, 5) is 11.0.